The minimum atomic E-state index is -0.741. The van der Waals surface area contributed by atoms with Gasteiger partial charge in [0, 0.05) is 55.5 Å². The van der Waals surface area contributed by atoms with E-state index in [0.29, 0.717) is 5.91 Å². The lowest BCUT2D eigenvalue weighted by Gasteiger charge is -2.36. The summed E-state index contributed by atoms with van der Waals surface area (Å²) in [6.07, 6.45) is 3.70. The lowest BCUT2D eigenvalue weighted by molar-refractivity contribution is -0.135. The van der Waals surface area contributed by atoms with E-state index in [9.17, 15) is 9.00 Å². The molecule has 1 saturated heterocycles. The highest BCUT2D eigenvalue weighted by Gasteiger charge is 2.53. The molecule has 0 bridgehead atoms. The summed E-state index contributed by atoms with van der Waals surface area (Å²) in [4.78, 5) is 17.5. The molecule has 132 valence electrons. The Kier molecular flexibility index (Phi) is 5.11. The summed E-state index contributed by atoms with van der Waals surface area (Å²) < 4.78 is 11.2. The molecule has 0 radical (unpaired) electrons. The molecule has 1 aliphatic carbocycles. The standard InChI is InChI=1S/C19H28N2O2S/c1-15-12-16(2)14-17(13-15)19(4-5-19)18(22)21-8-6-20(7-9-21)10-11-24(3)23/h12-14H,4-11H2,1-3H3/t24-/m1/s1. The van der Waals surface area contributed by atoms with Crippen molar-refractivity contribution in [2.45, 2.75) is 32.1 Å². The van der Waals surface area contributed by atoms with Crippen LogP contribution in [-0.4, -0.2) is 64.6 Å². The first-order chi connectivity index (χ1) is 11.4. The van der Waals surface area contributed by atoms with E-state index in [0.717, 1.165) is 51.3 Å². The van der Waals surface area contributed by atoms with Crippen molar-refractivity contribution >= 4 is 16.7 Å². The van der Waals surface area contributed by atoms with Crippen molar-refractivity contribution in [1.82, 2.24) is 9.80 Å². The van der Waals surface area contributed by atoms with Crippen LogP contribution in [0.1, 0.15) is 29.5 Å². The third-order valence-corrected chi connectivity index (χ3v) is 6.05. The van der Waals surface area contributed by atoms with Crippen molar-refractivity contribution in [2.75, 3.05) is 44.7 Å². The Hall–Kier alpha value is -1.20. The maximum atomic E-state index is 13.1. The summed E-state index contributed by atoms with van der Waals surface area (Å²) in [5.41, 5.74) is 3.42. The SMILES string of the molecule is Cc1cc(C)cc(C2(C(=O)N3CCN(CC[S@@](C)=O)CC3)CC2)c1. The van der Waals surface area contributed by atoms with Crippen LogP contribution in [0, 0.1) is 13.8 Å². The van der Waals surface area contributed by atoms with Crippen molar-refractivity contribution in [3.63, 3.8) is 0 Å². The van der Waals surface area contributed by atoms with Gasteiger partial charge in [0.05, 0.1) is 5.41 Å². The van der Waals surface area contributed by atoms with Gasteiger partial charge in [-0.05, 0) is 32.3 Å². The van der Waals surface area contributed by atoms with Gasteiger partial charge in [-0.15, -0.1) is 0 Å². The third kappa shape index (κ3) is 3.72. The molecule has 1 aliphatic heterocycles. The van der Waals surface area contributed by atoms with E-state index >= 15 is 0 Å². The highest BCUT2D eigenvalue weighted by Crippen LogP contribution is 2.50. The number of carbonyl (C=O) groups excluding carboxylic acids is 1. The van der Waals surface area contributed by atoms with Crippen LogP contribution in [0.3, 0.4) is 0 Å². The molecule has 1 aromatic carbocycles. The van der Waals surface area contributed by atoms with Crippen molar-refractivity contribution in [3.05, 3.63) is 34.9 Å². The summed E-state index contributed by atoms with van der Waals surface area (Å²) >= 11 is 0. The van der Waals surface area contributed by atoms with Gasteiger partial charge in [0.2, 0.25) is 5.91 Å². The average Bonchev–Trinajstić information content (AvgIpc) is 3.33. The Balaban J connectivity index is 1.64. The fraction of sp³-hybridized carbons (Fsp3) is 0.632. The van der Waals surface area contributed by atoms with E-state index < -0.39 is 10.8 Å². The highest BCUT2D eigenvalue weighted by molar-refractivity contribution is 7.84. The number of hydrogen-bond acceptors (Lipinski definition) is 3. The summed E-state index contributed by atoms with van der Waals surface area (Å²) in [6.45, 7) is 8.45. The maximum absolute atomic E-state index is 13.1. The van der Waals surface area contributed by atoms with E-state index in [1.807, 2.05) is 4.90 Å². The maximum Gasteiger partial charge on any atom is 0.233 e. The summed E-state index contributed by atoms with van der Waals surface area (Å²) in [6, 6.07) is 6.54. The normalized spacial score (nSPS) is 21.5. The van der Waals surface area contributed by atoms with Gasteiger partial charge in [0.15, 0.2) is 0 Å². The van der Waals surface area contributed by atoms with Crippen molar-refractivity contribution in [2.24, 2.45) is 0 Å². The zero-order valence-electron chi connectivity index (χ0n) is 15.0. The number of carbonyl (C=O) groups is 1. The molecule has 4 nitrogen and oxygen atoms in total. The third-order valence-electron chi connectivity index (χ3n) is 5.29. The first kappa shape index (κ1) is 17.6. The minimum absolute atomic E-state index is 0.260. The summed E-state index contributed by atoms with van der Waals surface area (Å²) in [5, 5.41) is 0. The van der Waals surface area contributed by atoms with Crippen LogP contribution in [-0.2, 0) is 21.0 Å². The topological polar surface area (TPSA) is 40.6 Å². The first-order valence-corrected chi connectivity index (χ1v) is 10.5. The molecule has 0 spiro atoms. The predicted molar refractivity (Wildman–Crippen MR) is 98.8 cm³/mol. The van der Waals surface area contributed by atoms with Crippen LogP contribution in [0.25, 0.3) is 0 Å². The van der Waals surface area contributed by atoms with E-state index in [-0.39, 0.29) is 5.41 Å². The molecule has 1 heterocycles. The quantitative estimate of drug-likeness (QED) is 0.815. The second kappa shape index (κ2) is 6.96. The van der Waals surface area contributed by atoms with Crippen molar-refractivity contribution in [3.8, 4) is 0 Å². The molecular weight excluding hydrogens is 320 g/mol. The lowest BCUT2D eigenvalue weighted by Crippen LogP contribution is -2.52. The number of piperazine rings is 1. The molecule has 2 fully saturated rings. The van der Waals surface area contributed by atoms with Gasteiger partial charge >= 0.3 is 0 Å². The molecule has 0 unspecified atom stereocenters. The average molecular weight is 349 g/mol. The van der Waals surface area contributed by atoms with Crippen LogP contribution >= 0.6 is 0 Å². The van der Waals surface area contributed by atoms with Gasteiger partial charge in [-0.1, -0.05) is 29.3 Å². The van der Waals surface area contributed by atoms with Crippen LogP contribution in [0.4, 0.5) is 0 Å². The van der Waals surface area contributed by atoms with Gasteiger partial charge in [0.1, 0.15) is 0 Å². The number of benzene rings is 1. The Morgan fingerprint density at radius 2 is 1.67 bits per heavy atom. The number of amides is 1. The number of hydrogen-bond donors (Lipinski definition) is 0. The summed E-state index contributed by atoms with van der Waals surface area (Å²) in [7, 11) is -0.741. The molecule has 2 aliphatic rings. The predicted octanol–water partition coefficient (Wildman–Crippen LogP) is 1.86. The number of aryl methyl sites for hydroxylation is 2. The molecule has 0 aromatic heterocycles. The molecule has 0 N–H and O–H groups in total. The Morgan fingerprint density at radius 1 is 1.08 bits per heavy atom. The zero-order valence-corrected chi connectivity index (χ0v) is 15.8. The fourth-order valence-electron chi connectivity index (χ4n) is 3.74. The van der Waals surface area contributed by atoms with Crippen LogP contribution in [0.5, 0.6) is 0 Å². The van der Waals surface area contributed by atoms with Crippen molar-refractivity contribution in [1.29, 1.82) is 0 Å². The minimum Gasteiger partial charge on any atom is -0.339 e. The summed E-state index contributed by atoms with van der Waals surface area (Å²) in [5.74, 6) is 1.03. The molecule has 1 atom stereocenters. The zero-order chi connectivity index (χ0) is 17.3. The van der Waals surface area contributed by atoms with Crippen LogP contribution < -0.4 is 0 Å². The van der Waals surface area contributed by atoms with E-state index in [2.05, 4.69) is 36.9 Å². The number of rotatable bonds is 5. The van der Waals surface area contributed by atoms with Crippen LogP contribution in [0.15, 0.2) is 18.2 Å². The number of nitrogens with zero attached hydrogens (tertiary/aromatic N) is 2. The van der Waals surface area contributed by atoms with E-state index in [1.165, 1.54) is 16.7 Å². The van der Waals surface area contributed by atoms with Gasteiger partial charge < -0.3 is 4.90 Å². The highest BCUT2D eigenvalue weighted by atomic mass is 32.2. The molecule has 1 aromatic rings. The van der Waals surface area contributed by atoms with Gasteiger partial charge in [-0.2, -0.15) is 0 Å². The molecule has 3 rings (SSSR count). The van der Waals surface area contributed by atoms with Crippen molar-refractivity contribution < 1.29 is 9.00 Å². The smallest absolute Gasteiger partial charge is 0.233 e. The Morgan fingerprint density at radius 3 is 2.17 bits per heavy atom. The second-order valence-corrected chi connectivity index (χ2v) is 8.92. The molecular formula is C19H28N2O2S. The molecule has 5 heteroatoms. The van der Waals surface area contributed by atoms with E-state index in [4.69, 9.17) is 0 Å². The first-order valence-electron chi connectivity index (χ1n) is 8.81. The van der Waals surface area contributed by atoms with Gasteiger partial charge in [-0.25, -0.2) is 0 Å². The van der Waals surface area contributed by atoms with Gasteiger partial charge in [0.25, 0.3) is 0 Å². The van der Waals surface area contributed by atoms with Crippen LogP contribution in [0.2, 0.25) is 0 Å². The van der Waals surface area contributed by atoms with Gasteiger partial charge in [-0.3, -0.25) is 13.9 Å². The Bertz CT molecular complexity index is 627. The molecule has 1 amide bonds. The largest absolute Gasteiger partial charge is 0.339 e. The second-order valence-electron chi connectivity index (χ2n) is 7.37. The van der Waals surface area contributed by atoms with E-state index in [1.54, 1.807) is 6.26 Å². The Labute approximate surface area is 147 Å². The molecule has 1 saturated carbocycles. The lowest BCUT2D eigenvalue weighted by atomic mass is 9.91. The monoisotopic (exact) mass is 348 g/mol. The fourth-order valence-corrected chi connectivity index (χ4v) is 4.25. The molecule has 24 heavy (non-hydrogen) atoms.